The van der Waals surface area contributed by atoms with Gasteiger partial charge in [0.25, 0.3) is 0 Å². The van der Waals surface area contributed by atoms with Crippen LogP contribution in [-0.4, -0.2) is 5.66 Å². The van der Waals surface area contributed by atoms with E-state index in [2.05, 4.69) is 91.9 Å². The first kappa shape index (κ1) is 33.6. The van der Waals surface area contributed by atoms with Crippen molar-refractivity contribution in [3.05, 3.63) is 210 Å². The molecule has 0 bridgehead atoms. The summed E-state index contributed by atoms with van der Waals surface area (Å²) in [5.74, 6) is 0.442. The van der Waals surface area contributed by atoms with Gasteiger partial charge in [0.1, 0.15) is 7.14 Å². The van der Waals surface area contributed by atoms with E-state index < -0.39 is 19.7 Å². The van der Waals surface area contributed by atoms with Gasteiger partial charge in [-0.15, -0.1) is 0 Å². The van der Waals surface area contributed by atoms with E-state index in [1.54, 1.807) is 0 Å². The highest BCUT2D eigenvalue weighted by atomic mass is 31.2. The first-order valence-corrected chi connectivity index (χ1v) is 22.7. The van der Waals surface area contributed by atoms with Gasteiger partial charge in [-0.25, -0.2) is 0 Å². The Morgan fingerprint density at radius 3 is 1.63 bits per heavy atom. The molecule has 3 aliphatic carbocycles. The second-order valence-corrected chi connectivity index (χ2v) is 21.3. The summed E-state index contributed by atoms with van der Waals surface area (Å²) in [6.07, 6.45) is 2.66. The third kappa shape index (κ3) is 4.73. The Balaban J connectivity index is 1.23. The van der Waals surface area contributed by atoms with E-state index in [0.717, 1.165) is 45.8 Å². The maximum absolute atomic E-state index is 16.0. The second kappa shape index (κ2) is 12.8. The van der Waals surface area contributed by atoms with Crippen molar-refractivity contribution in [2.24, 2.45) is 5.92 Å². The lowest BCUT2D eigenvalue weighted by atomic mass is 9.62. The predicted octanol–water partition coefficient (Wildman–Crippen LogP) is 10.2. The average Bonchev–Trinajstić information content (AvgIpc) is 3.70. The zero-order valence-electron chi connectivity index (χ0n) is 30.4. The number of hydrogen-bond acceptors (Lipinski definition) is 2. The number of fused-ring (bicyclic) bond motifs is 10. The normalized spacial score (nSPS) is 21.2. The van der Waals surface area contributed by atoms with E-state index in [1.807, 2.05) is 97.1 Å². The van der Waals surface area contributed by atoms with E-state index in [1.165, 1.54) is 38.9 Å². The van der Waals surface area contributed by atoms with Crippen LogP contribution in [-0.2, 0) is 14.5 Å². The van der Waals surface area contributed by atoms with Crippen LogP contribution in [0.4, 0.5) is 0 Å². The standard InChI is InChI=1S/C50H42O2P2/c1-35-26-29-43-42-24-14-15-25-46(42)50(47(43)32-35)48-33-40(53(51,36-16-6-2-7-17-36)37-18-8-3-9-19-37)27-30-44(48)45-31-28-41(34-49(45)50)54(52,38-20-10-4-11-21-38)39-22-12-5-13-23-39/h2-27,29-30,32-33,41,45,49H,28,31,34H2,1H3. The maximum atomic E-state index is 16.0. The summed E-state index contributed by atoms with van der Waals surface area (Å²) in [6.45, 7) is 2.20. The molecule has 0 saturated heterocycles. The van der Waals surface area contributed by atoms with Gasteiger partial charge in [-0.1, -0.05) is 181 Å². The van der Waals surface area contributed by atoms with E-state index in [9.17, 15) is 0 Å². The van der Waals surface area contributed by atoms with Crippen LogP contribution >= 0.6 is 14.3 Å². The molecule has 0 amide bonds. The van der Waals surface area contributed by atoms with Crippen LogP contribution in [0.3, 0.4) is 0 Å². The lowest BCUT2D eigenvalue weighted by molar-refractivity contribution is 0.267. The molecule has 0 radical (unpaired) electrons. The Labute approximate surface area is 318 Å². The predicted molar refractivity (Wildman–Crippen MR) is 226 cm³/mol. The van der Waals surface area contributed by atoms with Crippen LogP contribution in [0, 0.1) is 12.8 Å². The van der Waals surface area contributed by atoms with Crippen molar-refractivity contribution in [2.75, 3.05) is 0 Å². The summed E-state index contributed by atoms with van der Waals surface area (Å²) in [6, 6.07) is 63.4. The molecule has 2 nitrogen and oxygen atoms in total. The van der Waals surface area contributed by atoms with Crippen LogP contribution in [0.25, 0.3) is 11.1 Å². The number of hydrogen-bond donors (Lipinski definition) is 0. The number of rotatable bonds is 6. The zero-order valence-corrected chi connectivity index (χ0v) is 32.2. The molecule has 7 aromatic rings. The highest BCUT2D eigenvalue weighted by Crippen LogP contribution is 2.70. The van der Waals surface area contributed by atoms with E-state index in [4.69, 9.17) is 0 Å². The Kier molecular flexibility index (Phi) is 7.96. The highest BCUT2D eigenvalue weighted by Gasteiger charge is 2.61. The van der Waals surface area contributed by atoms with Gasteiger partial charge < -0.3 is 9.13 Å². The molecule has 4 heteroatoms. The molecule has 0 aliphatic heterocycles. The summed E-state index contributed by atoms with van der Waals surface area (Å²) in [7, 11) is -6.29. The molecule has 1 spiro atoms. The van der Waals surface area contributed by atoms with Gasteiger partial charge in [-0.05, 0) is 77.5 Å². The fourth-order valence-corrected chi connectivity index (χ4v) is 16.7. The molecular formula is C50H42O2P2. The van der Waals surface area contributed by atoms with E-state index in [0.29, 0.717) is 0 Å². The summed E-state index contributed by atoms with van der Waals surface area (Å²) in [5, 5.41) is 4.44. The topological polar surface area (TPSA) is 34.1 Å². The molecule has 10 rings (SSSR count). The van der Waals surface area contributed by atoms with Crippen molar-refractivity contribution in [2.45, 2.75) is 43.2 Å². The maximum Gasteiger partial charge on any atom is 0.171 e. The van der Waals surface area contributed by atoms with Crippen molar-refractivity contribution in [3.8, 4) is 11.1 Å². The first-order chi connectivity index (χ1) is 26.4. The molecule has 264 valence electrons. The van der Waals surface area contributed by atoms with Crippen LogP contribution in [0.1, 0.15) is 53.0 Å². The minimum atomic E-state index is -3.25. The quantitative estimate of drug-likeness (QED) is 0.159. The summed E-state index contributed by atoms with van der Waals surface area (Å²) in [4.78, 5) is 0. The van der Waals surface area contributed by atoms with Crippen molar-refractivity contribution in [3.63, 3.8) is 0 Å². The second-order valence-electron chi connectivity index (χ2n) is 15.5. The van der Waals surface area contributed by atoms with Gasteiger partial charge in [0, 0.05) is 32.2 Å². The third-order valence-electron chi connectivity index (χ3n) is 12.9. The lowest BCUT2D eigenvalue weighted by Gasteiger charge is -2.44. The zero-order chi connectivity index (χ0) is 36.5. The average molecular weight is 737 g/mol. The van der Waals surface area contributed by atoms with Crippen molar-refractivity contribution < 1.29 is 9.13 Å². The molecule has 7 aromatic carbocycles. The molecule has 1 fully saturated rings. The van der Waals surface area contributed by atoms with Gasteiger partial charge in [0.2, 0.25) is 0 Å². The summed E-state index contributed by atoms with van der Waals surface area (Å²) >= 11 is 0. The Hall–Kier alpha value is -5.00. The van der Waals surface area contributed by atoms with Crippen LogP contribution in [0.2, 0.25) is 0 Å². The van der Waals surface area contributed by atoms with Crippen molar-refractivity contribution >= 4 is 40.8 Å². The first-order valence-electron chi connectivity index (χ1n) is 19.2. The SMILES string of the molecule is Cc1ccc2c(c1)C1(c3ccccc3-2)c2cc(P(=O)(c3ccccc3)c3ccccc3)ccc2C2CCC(P(=O)(c3ccccc3)c3ccccc3)CC21. The summed E-state index contributed by atoms with van der Waals surface area (Å²) < 4.78 is 32.0. The molecule has 0 aromatic heterocycles. The van der Waals surface area contributed by atoms with Crippen molar-refractivity contribution in [1.29, 1.82) is 0 Å². The third-order valence-corrected chi connectivity index (χ3v) is 19.6. The lowest BCUT2D eigenvalue weighted by Crippen LogP contribution is -2.40. The minimum Gasteiger partial charge on any atom is -0.313 e. The molecule has 0 N–H and O–H groups in total. The fourth-order valence-electron chi connectivity index (χ4n) is 10.6. The molecule has 0 heterocycles. The van der Waals surface area contributed by atoms with Gasteiger partial charge in [-0.3, -0.25) is 0 Å². The molecular weight excluding hydrogens is 694 g/mol. The smallest absolute Gasteiger partial charge is 0.171 e. The Bertz CT molecular complexity index is 2530. The molecule has 3 aliphatic rings. The molecule has 4 unspecified atom stereocenters. The van der Waals surface area contributed by atoms with Crippen LogP contribution < -0.4 is 26.5 Å². The number of benzene rings is 7. The van der Waals surface area contributed by atoms with Gasteiger partial charge in [-0.2, -0.15) is 0 Å². The Morgan fingerprint density at radius 1 is 0.481 bits per heavy atom. The Morgan fingerprint density at radius 2 is 1.02 bits per heavy atom. The monoisotopic (exact) mass is 736 g/mol. The fraction of sp³-hybridized carbons (Fsp3) is 0.160. The molecule has 4 atom stereocenters. The van der Waals surface area contributed by atoms with Crippen molar-refractivity contribution in [1.82, 2.24) is 0 Å². The highest BCUT2D eigenvalue weighted by molar-refractivity contribution is 7.85. The largest absolute Gasteiger partial charge is 0.313 e. The van der Waals surface area contributed by atoms with E-state index in [-0.39, 0.29) is 17.5 Å². The van der Waals surface area contributed by atoms with Crippen LogP contribution in [0.15, 0.2) is 182 Å². The van der Waals surface area contributed by atoms with E-state index >= 15 is 9.13 Å². The number of aryl methyl sites for hydroxylation is 1. The van der Waals surface area contributed by atoms with Crippen LogP contribution in [0.5, 0.6) is 0 Å². The van der Waals surface area contributed by atoms with Gasteiger partial charge in [0.15, 0.2) is 7.14 Å². The van der Waals surface area contributed by atoms with Gasteiger partial charge >= 0.3 is 0 Å². The molecule has 54 heavy (non-hydrogen) atoms. The summed E-state index contributed by atoms with van der Waals surface area (Å²) in [5.41, 5.74) is 8.56. The minimum absolute atomic E-state index is 0.0186. The molecule has 1 saturated carbocycles. The van der Waals surface area contributed by atoms with Gasteiger partial charge in [0.05, 0.1) is 5.41 Å².